The van der Waals surface area contributed by atoms with Crippen LogP contribution < -0.4 is 10.6 Å². The Hall–Kier alpha value is -3.08. The van der Waals surface area contributed by atoms with E-state index in [4.69, 9.17) is 10.6 Å². The van der Waals surface area contributed by atoms with Gasteiger partial charge in [0, 0.05) is 12.4 Å². The largest absolute Gasteiger partial charge is 0.375 e. The topological polar surface area (TPSA) is 70.1 Å². The van der Waals surface area contributed by atoms with Crippen LogP contribution in [0.3, 0.4) is 0 Å². The second kappa shape index (κ2) is 5.50. The van der Waals surface area contributed by atoms with E-state index in [1.165, 1.54) is 4.73 Å². The van der Waals surface area contributed by atoms with Gasteiger partial charge in [0.2, 0.25) is 0 Å². The third-order valence-corrected chi connectivity index (χ3v) is 2.97. The summed E-state index contributed by atoms with van der Waals surface area (Å²) in [7, 11) is 0. The van der Waals surface area contributed by atoms with Crippen LogP contribution in [-0.4, -0.2) is 15.6 Å². The molecule has 5 nitrogen and oxygen atoms in total. The van der Waals surface area contributed by atoms with Crippen molar-refractivity contribution in [2.24, 2.45) is 5.73 Å². The predicted molar refractivity (Wildman–Crippen MR) is 78.6 cm³/mol. The first kappa shape index (κ1) is 12.9. The molecule has 0 aliphatic rings. The number of rotatable bonds is 4. The summed E-state index contributed by atoms with van der Waals surface area (Å²) in [5.41, 5.74) is 6.94. The minimum Gasteiger partial charge on any atom is -0.375 e. The molecule has 2 heterocycles. The van der Waals surface area contributed by atoms with E-state index >= 15 is 0 Å². The first-order chi connectivity index (χ1) is 10.3. The van der Waals surface area contributed by atoms with Gasteiger partial charge < -0.3 is 10.6 Å². The quantitative estimate of drug-likeness (QED) is 0.797. The Kier molecular flexibility index (Phi) is 3.39. The zero-order valence-corrected chi connectivity index (χ0v) is 11.1. The second-order valence-electron chi connectivity index (χ2n) is 4.39. The number of carbonyl (C=O) groups is 1. The Balaban J connectivity index is 2.07. The van der Waals surface area contributed by atoms with Gasteiger partial charge in [0.25, 0.3) is 5.91 Å². The molecule has 3 aromatic rings. The molecule has 0 saturated carbocycles. The van der Waals surface area contributed by atoms with Crippen molar-refractivity contribution in [2.45, 2.75) is 0 Å². The molecule has 1 aromatic carbocycles. The molecule has 0 fully saturated rings. The predicted octanol–water partition coefficient (Wildman–Crippen LogP) is 2.49. The Morgan fingerprint density at radius 3 is 2.48 bits per heavy atom. The molecule has 0 unspecified atom stereocenters. The number of nitrogens with two attached hydrogens (primary N) is 1. The fraction of sp³-hybridized carbons (Fsp3) is 0. The van der Waals surface area contributed by atoms with Crippen LogP contribution in [0.4, 0.5) is 0 Å². The molecular weight excluding hydrogens is 266 g/mol. The number of carbonyl (C=O) groups excluding carboxylic acids is 1. The van der Waals surface area contributed by atoms with Gasteiger partial charge in [-0.15, -0.1) is 0 Å². The maximum Gasteiger partial charge on any atom is 0.251 e. The number of hydrogen-bond donors (Lipinski definition) is 1. The molecule has 2 N–H and O–H groups in total. The highest BCUT2D eigenvalue weighted by Crippen LogP contribution is 2.24. The van der Waals surface area contributed by atoms with E-state index in [2.05, 4.69) is 4.98 Å². The van der Waals surface area contributed by atoms with E-state index in [0.717, 1.165) is 0 Å². The number of hydrogen-bond acceptors (Lipinski definition) is 3. The van der Waals surface area contributed by atoms with Crippen molar-refractivity contribution in [3.63, 3.8) is 0 Å². The summed E-state index contributed by atoms with van der Waals surface area (Å²) in [6.45, 7) is 0. The smallest absolute Gasteiger partial charge is 0.251 e. The van der Waals surface area contributed by atoms with E-state index in [9.17, 15) is 4.79 Å². The van der Waals surface area contributed by atoms with Crippen molar-refractivity contribution in [1.29, 1.82) is 0 Å². The lowest BCUT2D eigenvalue weighted by Crippen LogP contribution is -2.14. The zero-order chi connectivity index (χ0) is 14.7. The highest BCUT2D eigenvalue weighted by molar-refractivity contribution is 5.98. The number of aromatic nitrogens is 2. The summed E-state index contributed by atoms with van der Waals surface area (Å²) in [5, 5.41) is 0. The molecule has 0 aliphatic heterocycles. The highest BCUT2D eigenvalue weighted by Gasteiger charge is 2.17. The van der Waals surface area contributed by atoms with Crippen LogP contribution in [-0.2, 0) is 0 Å². The summed E-state index contributed by atoms with van der Waals surface area (Å²) in [6.07, 6.45) is 3.30. The molecule has 0 radical (unpaired) electrons. The molecule has 1 amide bonds. The molecule has 2 aromatic heterocycles. The zero-order valence-electron chi connectivity index (χ0n) is 11.1. The minimum atomic E-state index is -0.522. The van der Waals surface area contributed by atoms with Gasteiger partial charge in [-0.3, -0.25) is 9.78 Å². The van der Waals surface area contributed by atoms with Gasteiger partial charge >= 0.3 is 0 Å². The molecule has 0 aliphatic carbocycles. The van der Waals surface area contributed by atoms with Gasteiger partial charge in [-0.25, -0.2) is 0 Å². The average Bonchev–Trinajstić information content (AvgIpc) is 2.93. The van der Waals surface area contributed by atoms with E-state index in [-0.39, 0.29) is 0 Å². The fourth-order valence-electron chi connectivity index (χ4n) is 2.04. The lowest BCUT2D eigenvalue weighted by atomic mass is 10.2. The van der Waals surface area contributed by atoms with E-state index in [0.29, 0.717) is 22.7 Å². The van der Waals surface area contributed by atoms with Gasteiger partial charge in [-0.1, -0.05) is 24.3 Å². The van der Waals surface area contributed by atoms with Crippen LogP contribution >= 0.6 is 0 Å². The average molecular weight is 279 g/mol. The Morgan fingerprint density at radius 1 is 1.05 bits per heavy atom. The van der Waals surface area contributed by atoms with Gasteiger partial charge in [-0.2, -0.15) is 4.73 Å². The van der Waals surface area contributed by atoms with Crippen molar-refractivity contribution in [3.8, 4) is 17.1 Å². The molecule has 0 saturated heterocycles. The van der Waals surface area contributed by atoms with Gasteiger partial charge in [0.05, 0.1) is 11.3 Å². The van der Waals surface area contributed by atoms with Crippen LogP contribution in [0.2, 0.25) is 0 Å². The molecule has 104 valence electrons. The van der Waals surface area contributed by atoms with E-state index in [1.807, 2.05) is 36.4 Å². The summed E-state index contributed by atoms with van der Waals surface area (Å²) in [4.78, 5) is 21.6. The number of pyridine rings is 1. The molecule has 0 atom stereocenters. The number of nitrogens with zero attached hydrogens (tertiary/aromatic N) is 2. The fourth-order valence-corrected chi connectivity index (χ4v) is 2.04. The summed E-state index contributed by atoms with van der Waals surface area (Å²) >= 11 is 0. The summed E-state index contributed by atoms with van der Waals surface area (Å²) in [6, 6.07) is 16.4. The second-order valence-corrected chi connectivity index (χ2v) is 4.39. The van der Waals surface area contributed by atoms with Crippen LogP contribution in [0.25, 0.3) is 11.4 Å². The number of benzene rings is 1. The molecule has 3 rings (SSSR count). The van der Waals surface area contributed by atoms with Crippen molar-refractivity contribution in [3.05, 3.63) is 72.6 Å². The third-order valence-electron chi connectivity index (χ3n) is 2.97. The van der Waals surface area contributed by atoms with Crippen LogP contribution in [0.15, 0.2) is 67.0 Å². The SMILES string of the molecule is NC(=O)c1ccn(Oc2ccccc2)c1-c1ccccn1. The maximum atomic E-state index is 11.6. The van der Waals surface area contributed by atoms with Crippen molar-refractivity contribution < 1.29 is 9.63 Å². The Labute approximate surface area is 121 Å². The number of para-hydroxylation sites is 1. The normalized spacial score (nSPS) is 10.3. The maximum absolute atomic E-state index is 11.6. The van der Waals surface area contributed by atoms with Crippen molar-refractivity contribution >= 4 is 5.91 Å². The van der Waals surface area contributed by atoms with E-state index in [1.54, 1.807) is 30.6 Å². The molecule has 5 heteroatoms. The number of primary amides is 1. The van der Waals surface area contributed by atoms with Gasteiger partial charge in [-0.05, 0) is 30.3 Å². The summed E-state index contributed by atoms with van der Waals surface area (Å²) in [5.74, 6) is 0.132. The molecule has 21 heavy (non-hydrogen) atoms. The molecule has 0 spiro atoms. The highest BCUT2D eigenvalue weighted by atomic mass is 16.7. The monoisotopic (exact) mass is 279 g/mol. The van der Waals surface area contributed by atoms with Crippen LogP contribution in [0, 0.1) is 0 Å². The third kappa shape index (κ3) is 2.62. The van der Waals surface area contributed by atoms with Crippen LogP contribution in [0.5, 0.6) is 5.75 Å². The molecule has 0 bridgehead atoms. The Bertz CT molecular complexity index is 752. The van der Waals surface area contributed by atoms with Gasteiger partial charge in [0.15, 0.2) is 5.75 Å². The van der Waals surface area contributed by atoms with Crippen molar-refractivity contribution in [2.75, 3.05) is 0 Å². The minimum absolute atomic E-state index is 0.365. The van der Waals surface area contributed by atoms with Gasteiger partial charge in [0.1, 0.15) is 5.69 Å². The lowest BCUT2D eigenvalue weighted by Gasteiger charge is -2.11. The standard InChI is InChI=1S/C16H13N3O2/c17-16(20)13-9-11-19(21-12-6-2-1-3-7-12)15(13)14-8-4-5-10-18-14/h1-11H,(H2,17,20). The molecular formula is C16H13N3O2. The first-order valence-corrected chi connectivity index (χ1v) is 6.41. The van der Waals surface area contributed by atoms with Crippen LogP contribution in [0.1, 0.15) is 10.4 Å². The lowest BCUT2D eigenvalue weighted by molar-refractivity contribution is 0.1000. The Morgan fingerprint density at radius 2 is 1.81 bits per heavy atom. The van der Waals surface area contributed by atoms with E-state index < -0.39 is 5.91 Å². The number of amides is 1. The first-order valence-electron chi connectivity index (χ1n) is 6.41. The van der Waals surface area contributed by atoms with Crippen molar-refractivity contribution in [1.82, 2.24) is 9.71 Å². The summed E-state index contributed by atoms with van der Waals surface area (Å²) < 4.78 is 1.50.